The zero-order chi connectivity index (χ0) is 99.1. The number of para-hydroxylation sites is 3. The van der Waals surface area contributed by atoms with E-state index in [2.05, 4.69) is 446 Å². The lowest BCUT2D eigenvalue weighted by Gasteiger charge is -2.22. The first-order valence-corrected chi connectivity index (χ1v) is 52.9. The first-order valence-electron chi connectivity index (χ1n) is 50.5. The normalized spacial score (nSPS) is 12.4. The second-order valence-electron chi connectivity index (χ2n) is 39.4. The quantitative estimate of drug-likeness (QED) is 0.132. The topological polar surface area (TPSA) is 129 Å². The van der Waals surface area contributed by atoms with Gasteiger partial charge >= 0.3 is 0 Å². The fraction of sp³-hybridized carbons (Fsp3) is 0.0221. The standard InChI is InChI=1S/C50H29N3S2.C47H31N3S.C39H22N4O/c1-3-13-30(14-4-1)38-28-41-46(29-39(38)31-15-5-2-6-16-31)55-50-47(41)49(51-48(52-50)34-23-24-37-36-20-10-12-22-44(36)54-45(37)27-34)53-42-21-11-9-19-35(42)40-25-32-17-7-8-18-33(32)26-43(40)53;1-47(2)38-25-31(28-12-4-3-5-13-28)20-23-36(38)43-44(47)48-45(32-21-22-35-34-17-9-11-19-41(34)51-42(35)27-32)49-46(43)50-39-18-10-8-16-33(39)37-24-29-14-6-7-15-30(29)26-40(37)50;40-23-24-9-8-14-26(19-24)29-17-18-31-35(22-29)44-38-36(31)37(25-10-2-1-3-11-25)41-39(42-38)43-33-16-7-6-15-30(33)32-20-27-12-4-5-13-28(27)21-34(32)43/h1-29H;3-27H,1-2H3;1-22H. The largest absolute Gasteiger partial charge is 0.437 e. The molecule has 0 radical (unpaired) electrons. The van der Waals surface area contributed by atoms with Crippen LogP contribution in [0.25, 0.3) is 288 Å². The van der Waals surface area contributed by atoms with Gasteiger partial charge in [-0.15, -0.1) is 34.0 Å². The van der Waals surface area contributed by atoms with Crippen LogP contribution in [0.2, 0.25) is 0 Å². The van der Waals surface area contributed by atoms with Gasteiger partial charge in [-0.1, -0.05) is 354 Å². The molecular weight excluding hydrogens is 1890 g/mol. The molecule has 0 unspecified atom stereocenters. The smallest absolute Gasteiger partial charge is 0.238 e. The molecule has 0 amide bonds. The summed E-state index contributed by atoms with van der Waals surface area (Å²) in [4.78, 5) is 33.5. The van der Waals surface area contributed by atoms with Crippen molar-refractivity contribution in [1.29, 1.82) is 5.26 Å². The highest BCUT2D eigenvalue weighted by atomic mass is 32.1. The lowest BCUT2D eigenvalue weighted by atomic mass is 9.84. The molecule has 11 nitrogen and oxygen atoms in total. The lowest BCUT2D eigenvalue weighted by Crippen LogP contribution is -2.18. The molecule has 31 aromatic rings. The molecule has 1 aliphatic carbocycles. The van der Waals surface area contributed by atoms with Gasteiger partial charge in [0.1, 0.15) is 16.2 Å². The summed E-state index contributed by atoms with van der Waals surface area (Å²) in [6.07, 6.45) is 0. The van der Waals surface area contributed by atoms with Gasteiger partial charge < -0.3 is 4.42 Å². The molecule has 0 saturated carbocycles. The van der Waals surface area contributed by atoms with E-state index >= 15 is 0 Å². The summed E-state index contributed by atoms with van der Waals surface area (Å²) in [5, 5.41) is 33.0. The van der Waals surface area contributed by atoms with Gasteiger partial charge in [0.25, 0.3) is 0 Å². The highest BCUT2D eigenvalue weighted by molar-refractivity contribution is 7.26. The van der Waals surface area contributed by atoms with Crippen LogP contribution in [0, 0.1) is 11.3 Å². The Morgan fingerprint density at radius 1 is 0.260 bits per heavy atom. The number of nitriles is 1. The number of benzene rings is 21. The number of hydrogen-bond donors (Lipinski definition) is 0. The molecule has 0 saturated heterocycles. The number of hydrogen-bond acceptors (Lipinski definition) is 11. The predicted molar refractivity (Wildman–Crippen MR) is 628 cm³/mol. The number of aromatic nitrogens is 9. The zero-order valence-corrected chi connectivity index (χ0v) is 83.4. The average Bonchev–Trinajstić information content (AvgIpc) is 1.54. The van der Waals surface area contributed by atoms with Crippen molar-refractivity contribution in [3.8, 4) is 113 Å². The van der Waals surface area contributed by atoms with Crippen LogP contribution in [0.3, 0.4) is 0 Å². The number of rotatable bonds is 10. The Morgan fingerprint density at radius 3 is 1.24 bits per heavy atom. The number of furan rings is 1. The molecule has 0 N–H and O–H groups in total. The Labute approximate surface area is 871 Å². The molecule has 21 aromatic carbocycles. The molecule has 10 heterocycles. The van der Waals surface area contributed by atoms with Gasteiger partial charge in [-0.3, -0.25) is 13.7 Å². The van der Waals surface area contributed by atoms with Crippen LogP contribution in [0.5, 0.6) is 0 Å². The first-order chi connectivity index (χ1) is 74.0. The van der Waals surface area contributed by atoms with Crippen LogP contribution in [-0.4, -0.2) is 43.6 Å². The van der Waals surface area contributed by atoms with E-state index in [1.807, 2.05) is 71.2 Å². The van der Waals surface area contributed by atoms with Crippen LogP contribution < -0.4 is 0 Å². The van der Waals surface area contributed by atoms with Crippen molar-refractivity contribution in [2.24, 2.45) is 0 Å². The monoisotopic (exact) mass is 1970 g/mol. The zero-order valence-electron chi connectivity index (χ0n) is 81.0. The Balaban J connectivity index is 0.000000104. The van der Waals surface area contributed by atoms with Crippen molar-refractivity contribution in [2.45, 2.75) is 19.3 Å². The molecule has 32 rings (SSSR count). The Hall–Kier alpha value is -19.0. The molecule has 1 aliphatic rings. The fourth-order valence-electron chi connectivity index (χ4n) is 23.2. The van der Waals surface area contributed by atoms with Crippen molar-refractivity contribution in [2.75, 3.05) is 0 Å². The van der Waals surface area contributed by atoms with E-state index < -0.39 is 0 Å². The Bertz CT molecular complexity index is 11100. The highest BCUT2D eigenvalue weighted by Crippen LogP contribution is 2.55. The third-order valence-corrected chi connectivity index (χ3v) is 33.7. The molecule has 10 aromatic heterocycles. The predicted octanol–water partition coefficient (Wildman–Crippen LogP) is 37.0. The number of fused-ring (bicyclic) bond motifs is 27. The highest BCUT2D eigenvalue weighted by Gasteiger charge is 2.42. The van der Waals surface area contributed by atoms with Crippen molar-refractivity contribution < 1.29 is 4.42 Å². The maximum absolute atomic E-state index is 9.42. The van der Waals surface area contributed by atoms with Crippen LogP contribution in [0.15, 0.2) is 465 Å². The third kappa shape index (κ3) is 14.0. The lowest BCUT2D eigenvalue weighted by molar-refractivity contribution is 0.635. The van der Waals surface area contributed by atoms with E-state index in [4.69, 9.17) is 34.3 Å². The summed E-state index contributed by atoms with van der Waals surface area (Å²) in [6.45, 7) is 4.64. The Morgan fingerprint density at radius 2 is 0.680 bits per heavy atom. The van der Waals surface area contributed by atoms with Gasteiger partial charge in [-0.05, 0) is 209 Å². The maximum atomic E-state index is 9.42. The summed E-state index contributed by atoms with van der Waals surface area (Å²) in [5.41, 5.74) is 25.7. The van der Waals surface area contributed by atoms with Gasteiger partial charge in [0.05, 0.1) is 66.9 Å². The summed E-state index contributed by atoms with van der Waals surface area (Å²) in [6, 6.07) is 166. The second kappa shape index (κ2) is 34.3. The van der Waals surface area contributed by atoms with Crippen LogP contribution in [-0.2, 0) is 5.41 Å². The first kappa shape index (κ1) is 86.5. The molecule has 0 atom stereocenters. The van der Waals surface area contributed by atoms with Gasteiger partial charge in [-0.25, -0.2) is 24.9 Å². The minimum atomic E-state index is -0.352. The average molecular weight is 1970 g/mol. The van der Waals surface area contributed by atoms with E-state index in [1.54, 1.807) is 11.3 Å². The summed E-state index contributed by atoms with van der Waals surface area (Å²) >= 11 is 5.41. The van der Waals surface area contributed by atoms with Crippen LogP contribution in [0.4, 0.5) is 0 Å². The summed E-state index contributed by atoms with van der Waals surface area (Å²) in [7, 11) is 0. The molecule has 14 heteroatoms. The van der Waals surface area contributed by atoms with Gasteiger partial charge in [0, 0.05) is 116 Å². The minimum Gasteiger partial charge on any atom is -0.437 e. The van der Waals surface area contributed by atoms with Gasteiger partial charge in [0.15, 0.2) is 17.5 Å². The molecule has 700 valence electrons. The molecular formula is C136H82N10OS3. The summed E-state index contributed by atoms with van der Waals surface area (Å²) in [5.74, 6) is 3.85. The fourth-order valence-corrected chi connectivity index (χ4v) is 26.6. The van der Waals surface area contributed by atoms with Crippen molar-refractivity contribution in [1.82, 2.24) is 43.6 Å². The second-order valence-corrected chi connectivity index (χ2v) is 42.6. The van der Waals surface area contributed by atoms with Crippen molar-refractivity contribution in [3.05, 3.63) is 478 Å². The van der Waals surface area contributed by atoms with Gasteiger partial charge in [-0.2, -0.15) is 10.2 Å². The third-order valence-electron chi connectivity index (χ3n) is 30.4. The molecule has 0 fully saturated rings. The van der Waals surface area contributed by atoms with E-state index in [-0.39, 0.29) is 5.41 Å². The number of thiophene rings is 3. The van der Waals surface area contributed by atoms with Crippen LogP contribution in [0.1, 0.15) is 30.7 Å². The van der Waals surface area contributed by atoms with E-state index in [1.165, 1.54) is 138 Å². The van der Waals surface area contributed by atoms with Crippen LogP contribution >= 0.6 is 34.0 Å². The molecule has 0 spiro atoms. The van der Waals surface area contributed by atoms with Crippen molar-refractivity contribution >= 4 is 214 Å². The van der Waals surface area contributed by atoms with Gasteiger partial charge in [0.2, 0.25) is 11.7 Å². The molecule has 150 heavy (non-hydrogen) atoms. The van der Waals surface area contributed by atoms with E-state index in [9.17, 15) is 5.26 Å². The summed E-state index contributed by atoms with van der Waals surface area (Å²) < 4.78 is 19.7. The van der Waals surface area contributed by atoms with Crippen molar-refractivity contribution in [3.63, 3.8) is 0 Å². The number of nitrogens with zero attached hydrogens (tertiary/aromatic N) is 10. The molecule has 0 bridgehead atoms. The maximum Gasteiger partial charge on any atom is 0.238 e. The molecule has 0 aliphatic heterocycles. The Kier molecular flexibility index (Phi) is 19.8. The SMILES string of the molecule is CC1(C)c2cc(-c3ccccc3)ccc2-c2c(-n3c4ccccc4c4cc5ccccc5cc43)nc(-c3ccc4c(c3)sc3ccccc34)nc21.N#Cc1cccc(-c2ccc3c(c2)oc2nc(-n4c5ccccc5c5cc6ccccc6cc54)nc(-c4ccccc4)c23)c1.c1ccc(-c2cc3sc4nc(-c5ccc6c(c5)sc5ccccc56)nc(-n5c6ccccc6c6cc7ccccc7cc65)c4c3cc2-c2ccccc2)cc1. The minimum absolute atomic E-state index is 0.352. The van der Waals surface area contributed by atoms with E-state index in [0.29, 0.717) is 17.2 Å². The van der Waals surface area contributed by atoms with E-state index in [0.717, 1.165) is 149 Å².